The van der Waals surface area contributed by atoms with Gasteiger partial charge in [-0.05, 0) is 6.42 Å². The zero-order chi connectivity index (χ0) is 8.70. The summed E-state index contributed by atoms with van der Waals surface area (Å²) in [5.41, 5.74) is 0. The Morgan fingerprint density at radius 3 is 2.09 bits per heavy atom. The molecule has 1 aliphatic rings. The third-order valence-electron chi connectivity index (χ3n) is 1.59. The van der Waals surface area contributed by atoms with Gasteiger partial charge >= 0.3 is 0 Å². The van der Waals surface area contributed by atoms with Gasteiger partial charge in [0.05, 0.1) is 16.8 Å². The van der Waals surface area contributed by atoms with Crippen molar-refractivity contribution in [3.05, 3.63) is 0 Å². The number of sulfone groups is 1. The second kappa shape index (κ2) is 2.60. The summed E-state index contributed by atoms with van der Waals surface area (Å²) in [6.45, 7) is 0. The smallest absolute Gasteiger partial charge is 0.229 e. The summed E-state index contributed by atoms with van der Waals surface area (Å²) in [7, 11) is -1.85. The highest BCUT2D eigenvalue weighted by Gasteiger charge is 2.35. The van der Waals surface area contributed by atoms with E-state index >= 15 is 0 Å². The van der Waals surface area contributed by atoms with E-state index in [1.165, 1.54) is 0 Å². The molecule has 4 nitrogen and oxygen atoms in total. The van der Waals surface area contributed by atoms with Gasteiger partial charge in [-0.3, -0.25) is 0 Å². The normalized spacial score (nSPS) is 30.5. The van der Waals surface area contributed by atoms with Crippen molar-refractivity contribution < 1.29 is 16.8 Å². The van der Waals surface area contributed by atoms with Gasteiger partial charge in [-0.15, -0.1) is 0 Å². The number of rotatable bonds is 1. The minimum atomic E-state index is -3.68. The van der Waals surface area contributed by atoms with Crippen LogP contribution < -0.4 is 0 Å². The third kappa shape index (κ3) is 2.31. The molecule has 0 saturated carbocycles. The van der Waals surface area contributed by atoms with Gasteiger partial charge in [0.25, 0.3) is 0 Å². The molecule has 0 unspecified atom stereocenters. The third-order valence-corrected chi connectivity index (χ3v) is 5.52. The minimum absolute atomic E-state index is 0.0659. The van der Waals surface area contributed by atoms with Crippen molar-refractivity contribution in [1.82, 2.24) is 0 Å². The predicted molar refractivity (Wildman–Crippen MR) is 41.8 cm³/mol. The molecule has 0 aromatic rings. The van der Waals surface area contributed by atoms with Crippen LogP contribution in [0.4, 0.5) is 0 Å². The highest BCUT2D eigenvalue weighted by atomic mass is 35.7. The van der Waals surface area contributed by atoms with Gasteiger partial charge in [0, 0.05) is 10.7 Å². The maximum absolute atomic E-state index is 10.8. The first kappa shape index (κ1) is 9.28. The van der Waals surface area contributed by atoms with Crippen LogP contribution in [0.25, 0.3) is 0 Å². The molecule has 0 spiro atoms. The Bertz CT molecular complexity index is 340. The molecule has 1 saturated heterocycles. The Kier molecular flexibility index (Phi) is 2.19. The van der Waals surface area contributed by atoms with Crippen LogP contribution in [-0.2, 0) is 18.9 Å². The zero-order valence-corrected chi connectivity index (χ0v) is 7.92. The first-order valence-corrected chi connectivity index (χ1v) is 7.14. The summed E-state index contributed by atoms with van der Waals surface area (Å²) >= 11 is 0. The van der Waals surface area contributed by atoms with Crippen LogP contribution in [0, 0.1) is 0 Å². The lowest BCUT2D eigenvalue weighted by Crippen LogP contribution is -2.17. The van der Waals surface area contributed by atoms with Gasteiger partial charge in [-0.1, -0.05) is 0 Å². The van der Waals surface area contributed by atoms with Crippen molar-refractivity contribution in [3.8, 4) is 0 Å². The summed E-state index contributed by atoms with van der Waals surface area (Å²) in [4.78, 5) is 0. The van der Waals surface area contributed by atoms with Crippen LogP contribution in [0.2, 0.25) is 0 Å². The molecular formula is C4H7ClO4S2. The van der Waals surface area contributed by atoms with E-state index < -0.39 is 24.1 Å². The van der Waals surface area contributed by atoms with E-state index in [4.69, 9.17) is 10.7 Å². The lowest BCUT2D eigenvalue weighted by atomic mass is 10.4. The van der Waals surface area contributed by atoms with E-state index in [1.807, 2.05) is 0 Å². The molecule has 0 aromatic heterocycles. The van der Waals surface area contributed by atoms with Crippen molar-refractivity contribution in [2.75, 3.05) is 11.5 Å². The maximum Gasteiger partial charge on any atom is 0.236 e. The van der Waals surface area contributed by atoms with E-state index in [0.29, 0.717) is 0 Å². The van der Waals surface area contributed by atoms with Gasteiger partial charge in [0.1, 0.15) is 0 Å². The molecule has 1 fully saturated rings. The fourth-order valence-electron chi connectivity index (χ4n) is 0.983. The molecule has 11 heavy (non-hydrogen) atoms. The van der Waals surface area contributed by atoms with Crippen LogP contribution in [0.15, 0.2) is 0 Å². The molecule has 0 amide bonds. The average molecular weight is 219 g/mol. The fraction of sp³-hybridized carbons (Fsp3) is 1.00. The van der Waals surface area contributed by atoms with Gasteiger partial charge in [0.15, 0.2) is 9.84 Å². The lowest BCUT2D eigenvalue weighted by Gasteiger charge is -1.99. The largest absolute Gasteiger partial charge is 0.236 e. The number of halogens is 1. The van der Waals surface area contributed by atoms with Crippen molar-refractivity contribution in [2.45, 2.75) is 11.7 Å². The van der Waals surface area contributed by atoms with Crippen molar-refractivity contribution in [3.63, 3.8) is 0 Å². The summed E-state index contributed by atoms with van der Waals surface area (Å²) in [5, 5.41) is -0.894. The second-order valence-corrected chi connectivity index (χ2v) is 7.64. The Labute approximate surface area is 69.9 Å². The first-order valence-electron chi connectivity index (χ1n) is 2.95. The van der Waals surface area contributed by atoms with E-state index in [0.717, 1.165) is 0 Å². The minimum Gasteiger partial charge on any atom is -0.229 e. The summed E-state index contributed by atoms with van der Waals surface area (Å²) in [6.07, 6.45) is 0.133. The molecule has 0 bridgehead atoms. The van der Waals surface area contributed by atoms with Crippen molar-refractivity contribution >= 4 is 29.6 Å². The Morgan fingerprint density at radius 2 is 1.91 bits per heavy atom. The Morgan fingerprint density at radius 1 is 1.36 bits per heavy atom. The molecule has 1 rings (SSSR count). The maximum atomic E-state index is 10.8. The standard InChI is InChI=1S/C4H7ClO4S2/c5-11(8,9)4-1-2-10(6,7)3-4/h4H,1-3H2/t4-/m0/s1. The highest BCUT2D eigenvalue weighted by Crippen LogP contribution is 2.21. The zero-order valence-electron chi connectivity index (χ0n) is 5.53. The summed E-state index contributed by atoms with van der Waals surface area (Å²) < 4.78 is 42.8. The van der Waals surface area contributed by atoms with Gasteiger partial charge in [0.2, 0.25) is 9.05 Å². The molecule has 0 radical (unpaired) electrons. The van der Waals surface area contributed by atoms with Gasteiger partial charge in [-0.2, -0.15) is 0 Å². The molecule has 0 aromatic carbocycles. The van der Waals surface area contributed by atoms with E-state index in [9.17, 15) is 16.8 Å². The average Bonchev–Trinajstić information content (AvgIpc) is 2.07. The molecule has 7 heteroatoms. The first-order chi connectivity index (χ1) is 4.81. The topological polar surface area (TPSA) is 68.3 Å². The Balaban J connectivity index is 2.87. The molecule has 1 aliphatic heterocycles. The summed E-state index contributed by atoms with van der Waals surface area (Å²) in [5.74, 6) is -0.386. The number of hydrogen-bond donors (Lipinski definition) is 0. The predicted octanol–water partition coefficient (Wildman–Crippen LogP) is -0.258. The van der Waals surface area contributed by atoms with Crippen LogP contribution >= 0.6 is 10.7 Å². The van der Waals surface area contributed by atoms with Crippen LogP contribution in [0.3, 0.4) is 0 Å². The van der Waals surface area contributed by atoms with Gasteiger partial charge in [-0.25, -0.2) is 16.8 Å². The van der Waals surface area contributed by atoms with Gasteiger partial charge < -0.3 is 0 Å². The summed E-state index contributed by atoms with van der Waals surface area (Å²) in [6, 6.07) is 0. The molecule has 1 atom stereocenters. The molecule has 66 valence electrons. The molecule has 0 aliphatic carbocycles. The number of hydrogen-bond acceptors (Lipinski definition) is 4. The second-order valence-electron chi connectivity index (χ2n) is 2.50. The Hall–Kier alpha value is 0.190. The van der Waals surface area contributed by atoms with Crippen LogP contribution in [0.5, 0.6) is 0 Å². The van der Waals surface area contributed by atoms with E-state index in [2.05, 4.69) is 0 Å². The fourth-order valence-corrected chi connectivity index (χ4v) is 5.08. The van der Waals surface area contributed by atoms with Crippen molar-refractivity contribution in [2.24, 2.45) is 0 Å². The van der Waals surface area contributed by atoms with Crippen LogP contribution in [0.1, 0.15) is 6.42 Å². The molecular weight excluding hydrogens is 212 g/mol. The monoisotopic (exact) mass is 218 g/mol. The molecule has 1 heterocycles. The van der Waals surface area contributed by atoms with E-state index in [1.54, 1.807) is 0 Å². The quantitative estimate of drug-likeness (QED) is 0.569. The SMILES string of the molecule is O=S1(=O)CC[C@H](S(=O)(=O)Cl)C1. The molecule has 0 N–H and O–H groups in total. The lowest BCUT2D eigenvalue weighted by molar-refractivity contribution is 0.594. The van der Waals surface area contributed by atoms with Crippen molar-refractivity contribution in [1.29, 1.82) is 0 Å². The van der Waals surface area contributed by atoms with E-state index in [-0.39, 0.29) is 17.9 Å². The van der Waals surface area contributed by atoms with Crippen LogP contribution in [-0.4, -0.2) is 33.6 Å². The highest BCUT2D eigenvalue weighted by molar-refractivity contribution is 8.14.